The summed E-state index contributed by atoms with van der Waals surface area (Å²) in [4.78, 5) is 4.30. The fourth-order valence-electron chi connectivity index (χ4n) is 1.76. The SMILES string of the molecule is COc1cc(CNCc2nc(C)c(C)o2)ccc1O. The summed E-state index contributed by atoms with van der Waals surface area (Å²) in [6.07, 6.45) is 0. The molecule has 0 unspecified atom stereocenters. The van der Waals surface area contributed by atoms with Crippen molar-refractivity contribution < 1.29 is 14.3 Å². The van der Waals surface area contributed by atoms with Crippen LogP contribution in [-0.4, -0.2) is 17.2 Å². The summed E-state index contributed by atoms with van der Waals surface area (Å²) in [6, 6.07) is 5.26. The Morgan fingerprint density at radius 2 is 2.11 bits per heavy atom. The van der Waals surface area contributed by atoms with Crippen LogP contribution in [-0.2, 0) is 13.1 Å². The lowest BCUT2D eigenvalue weighted by molar-refractivity contribution is 0.372. The maximum atomic E-state index is 9.50. The van der Waals surface area contributed by atoms with E-state index < -0.39 is 0 Å². The molecule has 0 aliphatic rings. The Morgan fingerprint density at radius 3 is 2.74 bits per heavy atom. The number of aromatic hydroxyl groups is 1. The van der Waals surface area contributed by atoms with Gasteiger partial charge in [0.15, 0.2) is 11.5 Å². The van der Waals surface area contributed by atoms with Crippen LogP contribution in [0.5, 0.6) is 11.5 Å². The second-order valence-electron chi connectivity index (χ2n) is 4.36. The van der Waals surface area contributed by atoms with Gasteiger partial charge in [-0.05, 0) is 31.5 Å². The van der Waals surface area contributed by atoms with E-state index >= 15 is 0 Å². The predicted molar refractivity (Wildman–Crippen MR) is 71.2 cm³/mol. The molecule has 0 aliphatic carbocycles. The van der Waals surface area contributed by atoms with Crippen molar-refractivity contribution in [2.24, 2.45) is 0 Å². The largest absolute Gasteiger partial charge is 0.504 e. The Morgan fingerprint density at radius 1 is 1.32 bits per heavy atom. The summed E-state index contributed by atoms with van der Waals surface area (Å²) < 4.78 is 10.5. The number of benzene rings is 1. The molecule has 2 aromatic rings. The van der Waals surface area contributed by atoms with Crippen molar-refractivity contribution in [3.63, 3.8) is 0 Å². The molecule has 0 radical (unpaired) electrons. The van der Waals surface area contributed by atoms with Crippen molar-refractivity contribution >= 4 is 0 Å². The number of phenols is 1. The third-order valence-electron chi connectivity index (χ3n) is 2.92. The van der Waals surface area contributed by atoms with Crippen LogP contribution in [0.25, 0.3) is 0 Å². The second-order valence-corrected chi connectivity index (χ2v) is 4.36. The minimum absolute atomic E-state index is 0.144. The van der Waals surface area contributed by atoms with Crippen LogP contribution >= 0.6 is 0 Å². The summed E-state index contributed by atoms with van der Waals surface area (Å²) in [5.41, 5.74) is 1.94. The topological polar surface area (TPSA) is 67.5 Å². The minimum atomic E-state index is 0.144. The van der Waals surface area contributed by atoms with Gasteiger partial charge in [-0.25, -0.2) is 4.98 Å². The van der Waals surface area contributed by atoms with Gasteiger partial charge in [0.1, 0.15) is 5.76 Å². The van der Waals surface area contributed by atoms with E-state index in [-0.39, 0.29) is 5.75 Å². The third kappa shape index (κ3) is 3.26. The number of hydrogen-bond acceptors (Lipinski definition) is 5. The molecule has 0 saturated carbocycles. The average Bonchev–Trinajstić information content (AvgIpc) is 2.71. The monoisotopic (exact) mass is 262 g/mol. The van der Waals surface area contributed by atoms with Crippen molar-refractivity contribution in [2.75, 3.05) is 7.11 Å². The highest BCUT2D eigenvalue weighted by atomic mass is 16.5. The van der Waals surface area contributed by atoms with Gasteiger partial charge in [-0.1, -0.05) is 6.07 Å². The molecular weight excluding hydrogens is 244 g/mol. The highest BCUT2D eigenvalue weighted by Crippen LogP contribution is 2.26. The number of nitrogens with zero attached hydrogens (tertiary/aromatic N) is 1. The molecule has 0 amide bonds. The third-order valence-corrected chi connectivity index (χ3v) is 2.92. The zero-order valence-electron chi connectivity index (χ0n) is 11.4. The highest BCUT2D eigenvalue weighted by Gasteiger charge is 2.06. The zero-order valence-corrected chi connectivity index (χ0v) is 11.4. The van der Waals surface area contributed by atoms with E-state index in [0.29, 0.717) is 24.7 Å². The Bertz CT molecular complexity index is 544. The smallest absolute Gasteiger partial charge is 0.208 e. The number of phenolic OH excluding ortho intramolecular Hbond substituents is 1. The van der Waals surface area contributed by atoms with Gasteiger partial charge in [-0.3, -0.25) is 0 Å². The Labute approximate surface area is 112 Å². The van der Waals surface area contributed by atoms with Crippen molar-refractivity contribution in [2.45, 2.75) is 26.9 Å². The molecule has 0 bridgehead atoms. The van der Waals surface area contributed by atoms with Gasteiger partial charge < -0.3 is 19.6 Å². The molecule has 2 rings (SSSR count). The van der Waals surface area contributed by atoms with E-state index in [4.69, 9.17) is 9.15 Å². The van der Waals surface area contributed by atoms with Gasteiger partial charge in [0, 0.05) is 6.54 Å². The van der Waals surface area contributed by atoms with E-state index in [0.717, 1.165) is 17.0 Å². The molecule has 5 nitrogen and oxygen atoms in total. The Balaban J connectivity index is 1.92. The summed E-state index contributed by atoms with van der Waals surface area (Å²) in [6.45, 7) is 5.04. The molecule has 0 spiro atoms. The van der Waals surface area contributed by atoms with Crippen LogP contribution in [0.15, 0.2) is 22.6 Å². The maximum absolute atomic E-state index is 9.50. The summed E-state index contributed by atoms with van der Waals surface area (Å²) in [7, 11) is 1.53. The highest BCUT2D eigenvalue weighted by molar-refractivity contribution is 5.41. The van der Waals surface area contributed by atoms with Crippen LogP contribution in [0.1, 0.15) is 22.9 Å². The van der Waals surface area contributed by atoms with Crippen LogP contribution in [0.4, 0.5) is 0 Å². The maximum Gasteiger partial charge on any atom is 0.208 e. The fourth-order valence-corrected chi connectivity index (χ4v) is 1.76. The van der Waals surface area contributed by atoms with Crippen molar-refractivity contribution in [1.82, 2.24) is 10.3 Å². The predicted octanol–water partition coefficient (Wildman–Crippen LogP) is 2.30. The Kier molecular flexibility index (Phi) is 4.06. The van der Waals surface area contributed by atoms with Crippen molar-refractivity contribution in [3.8, 4) is 11.5 Å². The number of nitrogens with one attached hydrogen (secondary N) is 1. The first-order valence-corrected chi connectivity index (χ1v) is 6.09. The zero-order chi connectivity index (χ0) is 13.8. The molecule has 0 atom stereocenters. The molecule has 19 heavy (non-hydrogen) atoms. The summed E-state index contributed by atoms with van der Waals surface area (Å²) >= 11 is 0. The average molecular weight is 262 g/mol. The normalized spacial score (nSPS) is 10.7. The number of ether oxygens (including phenoxy) is 1. The van der Waals surface area contributed by atoms with Gasteiger partial charge in [-0.15, -0.1) is 0 Å². The standard InChI is InChI=1S/C14H18N2O3/c1-9-10(2)19-14(16-9)8-15-7-11-4-5-12(17)13(6-11)18-3/h4-6,15,17H,7-8H2,1-3H3. The van der Waals surface area contributed by atoms with Crippen LogP contribution in [0, 0.1) is 13.8 Å². The molecule has 1 aromatic heterocycles. The lowest BCUT2D eigenvalue weighted by Gasteiger charge is -2.07. The van der Waals surface area contributed by atoms with Gasteiger partial charge in [-0.2, -0.15) is 0 Å². The number of aromatic nitrogens is 1. The fraction of sp³-hybridized carbons (Fsp3) is 0.357. The van der Waals surface area contributed by atoms with E-state index in [1.54, 1.807) is 12.1 Å². The molecule has 102 valence electrons. The lowest BCUT2D eigenvalue weighted by atomic mass is 10.2. The first kappa shape index (κ1) is 13.4. The molecule has 1 heterocycles. The van der Waals surface area contributed by atoms with E-state index in [1.807, 2.05) is 19.9 Å². The van der Waals surface area contributed by atoms with Gasteiger partial charge in [0.25, 0.3) is 0 Å². The lowest BCUT2D eigenvalue weighted by Crippen LogP contribution is -2.12. The van der Waals surface area contributed by atoms with Gasteiger partial charge >= 0.3 is 0 Å². The minimum Gasteiger partial charge on any atom is -0.504 e. The van der Waals surface area contributed by atoms with E-state index in [1.165, 1.54) is 7.11 Å². The molecular formula is C14H18N2O3. The number of rotatable bonds is 5. The van der Waals surface area contributed by atoms with Crippen molar-refractivity contribution in [3.05, 3.63) is 41.1 Å². The molecule has 2 N–H and O–H groups in total. The molecule has 5 heteroatoms. The first-order chi connectivity index (χ1) is 9.10. The number of oxazole rings is 1. The van der Waals surface area contributed by atoms with Crippen LogP contribution in [0.2, 0.25) is 0 Å². The van der Waals surface area contributed by atoms with Crippen LogP contribution in [0.3, 0.4) is 0 Å². The molecule has 0 fully saturated rings. The second kappa shape index (κ2) is 5.75. The summed E-state index contributed by atoms with van der Waals surface area (Å²) in [5.74, 6) is 2.15. The number of aryl methyl sites for hydroxylation is 2. The summed E-state index contributed by atoms with van der Waals surface area (Å²) in [5, 5.41) is 12.7. The van der Waals surface area contributed by atoms with Crippen molar-refractivity contribution in [1.29, 1.82) is 0 Å². The first-order valence-electron chi connectivity index (χ1n) is 6.09. The van der Waals surface area contributed by atoms with Gasteiger partial charge in [0.05, 0.1) is 19.3 Å². The Hall–Kier alpha value is -2.01. The number of methoxy groups -OCH3 is 1. The van der Waals surface area contributed by atoms with E-state index in [2.05, 4.69) is 10.3 Å². The molecule has 0 saturated heterocycles. The quantitative estimate of drug-likeness (QED) is 0.865. The van der Waals surface area contributed by atoms with E-state index in [9.17, 15) is 5.11 Å². The number of hydrogen-bond donors (Lipinski definition) is 2. The van der Waals surface area contributed by atoms with Crippen LogP contribution < -0.4 is 10.1 Å². The molecule has 1 aromatic carbocycles. The van der Waals surface area contributed by atoms with Gasteiger partial charge in [0.2, 0.25) is 5.89 Å². The molecule has 0 aliphatic heterocycles.